The van der Waals surface area contributed by atoms with Gasteiger partial charge in [-0.15, -0.1) is 0 Å². The quantitative estimate of drug-likeness (QED) is 0.393. The second kappa shape index (κ2) is 12.2. The van der Waals surface area contributed by atoms with Crippen LogP contribution in [0.25, 0.3) is 0 Å². The van der Waals surface area contributed by atoms with Crippen LogP contribution in [0.2, 0.25) is 0 Å². The van der Waals surface area contributed by atoms with Crippen molar-refractivity contribution in [3.8, 4) is 0 Å². The van der Waals surface area contributed by atoms with Crippen LogP contribution in [-0.2, 0) is 34.2 Å². The maximum atomic E-state index is 13.1. The maximum absolute atomic E-state index is 13.1. The largest absolute Gasteiger partial charge is 0.305 e. The molecule has 1 aliphatic carbocycles. The number of carbonyl (C=O) groups excluding carboxylic acids is 1. The molecular weight excluding hydrogens is 468 g/mol. The molecule has 0 aromatic heterocycles. The van der Waals surface area contributed by atoms with E-state index in [2.05, 4.69) is 50.6 Å². The van der Waals surface area contributed by atoms with Gasteiger partial charge in [-0.1, -0.05) is 63.6 Å². The van der Waals surface area contributed by atoms with Crippen molar-refractivity contribution in [2.45, 2.75) is 89.5 Å². The summed E-state index contributed by atoms with van der Waals surface area (Å²) in [5.41, 5.74) is 7.01. The fraction of sp³-hybridized carbons (Fsp3) is 0.500. The minimum atomic E-state index is -3.94. The van der Waals surface area contributed by atoms with E-state index in [4.69, 9.17) is 0 Å². The Labute approximate surface area is 218 Å². The van der Waals surface area contributed by atoms with E-state index in [1.807, 2.05) is 19.0 Å². The number of nitrogens with zero attached hydrogens (tertiary/aromatic N) is 1. The summed E-state index contributed by atoms with van der Waals surface area (Å²) in [7, 11) is -0.0193. The smallest absolute Gasteiger partial charge is 0.264 e. The Hall–Kier alpha value is -2.44. The fourth-order valence-corrected chi connectivity index (χ4v) is 5.97. The van der Waals surface area contributed by atoms with Gasteiger partial charge >= 0.3 is 0 Å². The molecule has 0 saturated heterocycles. The summed E-state index contributed by atoms with van der Waals surface area (Å²) in [6, 6.07) is 11.1. The number of rotatable bonds is 10. The first-order valence-electron chi connectivity index (χ1n) is 13.1. The van der Waals surface area contributed by atoms with E-state index in [0.29, 0.717) is 0 Å². The van der Waals surface area contributed by atoms with Crippen molar-refractivity contribution < 1.29 is 13.2 Å². The number of hydrogen-bond acceptors (Lipinski definition) is 4. The first kappa shape index (κ1) is 28.1. The van der Waals surface area contributed by atoms with Gasteiger partial charge in [0.25, 0.3) is 10.0 Å². The van der Waals surface area contributed by atoms with Crippen LogP contribution >= 0.6 is 0 Å². The first-order chi connectivity index (χ1) is 17.0. The SMILES string of the molecule is CC(C)c1cc(CC2=CCCCC2)cc(C(C)C)c1CC(=O)NS(=O)(=O)c1ccc(CN(C)C)cc1. The molecule has 5 nitrogen and oxygen atoms in total. The van der Waals surface area contributed by atoms with Gasteiger partial charge in [0, 0.05) is 6.54 Å². The number of amides is 1. The zero-order valence-corrected chi connectivity index (χ0v) is 23.5. The molecule has 0 spiro atoms. The maximum Gasteiger partial charge on any atom is 0.264 e. The Morgan fingerprint density at radius 1 is 0.944 bits per heavy atom. The van der Waals surface area contributed by atoms with Crippen molar-refractivity contribution in [3.05, 3.63) is 75.9 Å². The fourth-order valence-electron chi connectivity index (χ4n) is 4.99. The van der Waals surface area contributed by atoms with Crippen LogP contribution in [0.1, 0.15) is 93.0 Å². The molecular formula is C30H42N2O3S. The number of benzene rings is 2. The highest BCUT2D eigenvalue weighted by Gasteiger charge is 2.22. The Morgan fingerprint density at radius 2 is 1.56 bits per heavy atom. The predicted molar refractivity (Wildman–Crippen MR) is 148 cm³/mol. The third-order valence-electron chi connectivity index (χ3n) is 6.76. The molecule has 0 saturated carbocycles. The van der Waals surface area contributed by atoms with Crippen molar-refractivity contribution in [2.75, 3.05) is 14.1 Å². The summed E-state index contributed by atoms with van der Waals surface area (Å²) in [5, 5.41) is 0. The summed E-state index contributed by atoms with van der Waals surface area (Å²) in [4.78, 5) is 15.2. The molecule has 0 fully saturated rings. The molecule has 0 bridgehead atoms. The van der Waals surface area contributed by atoms with Crippen LogP contribution in [0, 0.1) is 0 Å². The summed E-state index contributed by atoms with van der Waals surface area (Å²) >= 11 is 0. The van der Waals surface area contributed by atoms with Crippen LogP contribution < -0.4 is 4.72 Å². The summed E-state index contributed by atoms with van der Waals surface area (Å²) < 4.78 is 28.2. The van der Waals surface area contributed by atoms with Crippen molar-refractivity contribution >= 4 is 15.9 Å². The lowest BCUT2D eigenvalue weighted by Gasteiger charge is -2.22. The molecule has 3 rings (SSSR count). The van der Waals surface area contributed by atoms with Crippen molar-refractivity contribution in [1.82, 2.24) is 9.62 Å². The lowest BCUT2D eigenvalue weighted by atomic mass is 9.83. The van der Waals surface area contributed by atoms with Crippen LogP contribution in [-0.4, -0.2) is 33.3 Å². The molecule has 1 amide bonds. The van der Waals surface area contributed by atoms with E-state index in [0.717, 1.165) is 48.1 Å². The second-order valence-corrected chi connectivity index (χ2v) is 12.6. The van der Waals surface area contributed by atoms with Gasteiger partial charge in [-0.3, -0.25) is 4.79 Å². The van der Waals surface area contributed by atoms with E-state index in [9.17, 15) is 13.2 Å². The van der Waals surface area contributed by atoms with E-state index >= 15 is 0 Å². The highest BCUT2D eigenvalue weighted by molar-refractivity contribution is 7.90. The minimum Gasteiger partial charge on any atom is -0.305 e. The molecule has 0 atom stereocenters. The number of nitrogens with one attached hydrogen (secondary N) is 1. The van der Waals surface area contributed by atoms with Crippen LogP contribution in [0.3, 0.4) is 0 Å². The average molecular weight is 511 g/mol. The summed E-state index contributed by atoms with van der Waals surface area (Å²) in [6.07, 6.45) is 8.22. The second-order valence-electron chi connectivity index (χ2n) is 10.9. The van der Waals surface area contributed by atoms with Gasteiger partial charge in [-0.25, -0.2) is 13.1 Å². The van der Waals surface area contributed by atoms with Gasteiger partial charge in [-0.05, 0) is 98.0 Å². The molecule has 6 heteroatoms. The Morgan fingerprint density at radius 3 is 2.06 bits per heavy atom. The molecule has 1 aliphatic rings. The lowest BCUT2D eigenvalue weighted by molar-refractivity contribution is -0.118. The van der Waals surface area contributed by atoms with Crippen LogP contribution in [0.15, 0.2) is 52.9 Å². The van der Waals surface area contributed by atoms with Crippen molar-refractivity contribution in [2.24, 2.45) is 0 Å². The topological polar surface area (TPSA) is 66.5 Å². The standard InChI is InChI=1S/C30H42N2O3S/c1-21(2)27-17-25(16-23-10-8-7-9-11-23)18-28(22(3)4)29(27)19-30(33)31-36(34,35)26-14-12-24(13-15-26)20-32(5)6/h10,12-15,17-18,21-22H,7-9,11,16,19-20H2,1-6H3,(H,31,33). The summed E-state index contributed by atoms with van der Waals surface area (Å²) in [5.74, 6) is -0.0447. The van der Waals surface area contributed by atoms with Gasteiger partial charge in [0.2, 0.25) is 5.91 Å². The van der Waals surface area contributed by atoms with Gasteiger partial charge in [0.15, 0.2) is 0 Å². The molecule has 1 N–H and O–H groups in total. The number of sulfonamides is 1. The summed E-state index contributed by atoms with van der Waals surface area (Å²) in [6.45, 7) is 9.26. The zero-order valence-electron chi connectivity index (χ0n) is 22.7. The van der Waals surface area contributed by atoms with Crippen LogP contribution in [0.5, 0.6) is 0 Å². The first-order valence-corrected chi connectivity index (χ1v) is 14.6. The third-order valence-corrected chi connectivity index (χ3v) is 8.15. The zero-order chi connectivity index (χ0) is 26.5. The number of carbonyl (C=O) groups is 1. The van der Waals surface area contributed by atoms with E-state index < -0.39 is 15.9 Å². The molecule has 2 aromatic rings. The number of hydrogen-bond donors (Lipinski definition) is 1. The van der Waals surface area contributed by atoms with Crippen LogP contribution in [0.4, 0.5) is 0 Å². The Kier molecular flexibility index (Phi) is 9.53. The Bertz CT molecular complexity index is 1160. The predicted octanol–water partition coefficient (Wildman–Crippen LogP) is 6.09. The Balaban J connectivity index is 1.84. The minimum absolute atomic E-state index is 0.0436. The highest BCUT2D eigenvalue weighted by atomic mass is 32.2. The van der Waals surface area contributed by atoms with Gasteiger partial charge < -0.3 is 4.90 Å². The van der Waals surface area contributed by atoms with Crippen molar-refractivity contribution in [3.63, 3.8) is 0 Å². The normalized spacial score (nSPS) is 14.4. The van der Waals surface area contributed by atoms with E-state index in [1.165, 1.54) is 24.0 Å². The molecule has 2 aromatic carbocycles. The van der Waals surface area contributed by atoms with Crippen molar-refractivity contribution in [1.29, 1.82) is 0 Å². The number of allylic oxidation sites excluding steroid dienone is 2. The molecule has 0 aliphatic heterocycles. The third kappa shape index (κ3) is 7.53. The molecule has 0 radical (unpaired) electrons. The molecule has 36 heavy (non-hydrogen) atoms. The highest BCUT2D eigenvalue weighted by Crippen LogP contribution is 2.32. The van der Waals surface area contributed by atoms with Gasteiger partial charge in [0.05, 0.1) is 11.3 Å². The van der Waals surface area contributed by atoms with E-state index in [-0.39, 0.29) is 23.2 Å². The van der Waals surface area contributed by atoms with E-state index in [1.54, 1.807) is 24.3 Å². The molecule has 196 valence electrons. The molecule has 0 heterocycles. The monoisotopic (exact) mass is 510 g/mol. The average Bonchev–Trinajstić information content (AvgIpc) is 2.79. The van der Waals surface area contributed by atoms with Gasteiger partial charge in [-0.2, -0.15) is 0 Å². The lowest BCUT2D eigenvalue weighted by Crippen LogP contribution is -2.32. The molecule has 0 unspecified atom stereocenters. The van der Waals surface area contributed by atoms with Gasteiger partial charge in [0.1, 0.15) is 0 Å².